The Labute approximate surface area is 165 Å². The van der Waals surface area contributed by atoms with Crippen LogP contribution in [0.25, 0.3) is 0 Å². The molecule has 0 spiro atoms. The molecule has 0 radical (unpaired) electrons. The van der Waals surface area contributed by atoms with Crippen molar-refractivity contribution in [2.45, 2.75) is 46.6 Å². The molecule has 0 bridgehead atoms. The van der Waals surface area contributed by atoms with Crippen LogP contribution in [0.2, 0.25) is 0 Å². The fraction of sp³-hybridized carbons (Fsp3) is 0.500. The molecule has 26 heavy (non-hydrogen) atoms. The van der Waals surface area contributed by atoms with Crippen LogP contribution in [0, 0.1) is 6.92 Å². The van der Waals surface area contributed by atoms with Crippen LogP contribution in [0.3, 0.4) is 0 Å². The second-order valence-corrected chi connectivity index (χ2v) is 7.48. The first-order chi connectivity index (χ1) is 12.5. The number of hydrogen-bond donors (Lipinski definition) is 2. The number of halogens is 1. The van der Waals surface area contributed by atoms with Crippen molar-refractivity contribution in [2.24, 2.45) is 0 Å². The van der Waals surface area contributed by atoms with Crippen molar-refractivity contribution in [1.82, 2.24) is 14.9 Å². The number of aromatic nitrogens is 2. The highest BCUT2D eigenvalue weighted by Crippen LogP contribution is 2.19. The van der Waals surface area contributed by atoms with Gasteiger partial charge in [0, 0.05) is 28.0 Å². The predicted molar refractivity (Wildman–Crippen MR) is 114 cm³/mol. The first-order valence-corrected chi connectivity index (χ1v) is 10.2. The minimum absolute atomic E-state index is 0.375. The molecule has 0 aliphatic rings. The fourth-order valence-electron chi connectivity index (χ4n) is 2.85. The molecule has 2 aromatic rings. The monoisotopic (exact) mass is 419 g/mol. The molecule has 1 aromatic heterocycles. The van der Waals surface area contributed by atoms with E-state index in [4.69, 9.17) is 0 Å². The van der Waals surface area contributed by atoms with Crippen LogP contribution >= 0.6 is 15.9 Å². The Hall–Kier alpha value is -1.66. The van der Waals surface area contributed by atoms with Crippen LogP contribution < -0.4 is 10.6 Å². The van der Waals surface area contributed by atoms with E-state index in [9.17, 15) is 0 Å². The molecule has 0 saturated carbocycles. The summed E-state index contributed by atoms with van der Waals surface area (Å²) < 4.78 is 1.05. The van der Waals surface area contributed by atoms with Gasteiger partial charge < -0.3 is 15.5 Å². The van der Waals surface area contributed by atoms with Gasteiger partial charge in [0.1, 0.15) is 5.82 Å². The van der Waals surface area contributed by atoms with Gasteiger partial charge in [0.2, 0.25) is 5.95 Å². The van der Waals surface area contributed by atoms with Crippen molar-refractivity contribution >= 4 is 33.4 Å². The smallest absolute Gasteiger partial charge is 0.229 e. The summed E-state index contributed by atoms with van der Waals surface area (Å²) >= 11 is 3.45. The molecular formula is C20H30BrN5. The average molecular weight is 420 g/mol. The number of hydrogen-bond acceptors (Lipinski definition) is 5. The third kappa shape index (κ3) is 6.92. The largest absolute Gasteiger partial charge is 0.367 e. The van der Waals surface area contributed by atoms with Crippen molar-refractivity contribution in [3.8, 4) is 0 Å². The van der Waals surface area contributed by atoms with Gasteiger partial charge in [-0.15, -0.1) is 0 Å². The Morgan fingerprint density at radius 3 is 2.46 bits per heavy atom. The lowest BCUT2D eigenvalue weighted by atomic mass is 10.1. The molecule has 0 amide bonds. The summed E-state index contributed by atoms with van der Waals surface area (Å²) in [7, 11) is 0. The molecule has 2 N–H and O–H groups in total. The molecule has 1 unspecified atom stereocenters. The highest BCUT2D eigenvalue weighted by molar-refractivity contribution is 9.10. The van der Waals surface area contributed by atoms with Gasteiger partial charge in [0.05, 0.1) is 0 Å². The maximum absolute atomic E-state index is 4.61. The molecule has 1 heterocycles. The lowest BCUT2D eigenvalue weighted by molar-refractivity contribution is 0.295. The first kappa shape index (κ1) is 20.6. The molecule has 6 heteroatoms. The van der Waals surface area contributed by atoms with Crippen LogP contribution in [0.1, 0.15) is 39.3 Å². The van der Waals surface area contributed by atoms with Crippen LogP contribution in [0.5, 0.6) is 0 Å². The van der Waals surface area contributed by atoms with Crippen LogP contribution in [0.15, 0.2) is 34.8 Å². The van der Waals surface area contributed by atoms with E-state index in [0.717, 1.165) is 47.7 Å². The number of rotatable bonds is 10. The molecule has 0 saturated heterocycles. The Morgan fingerprint density at radius 2 is 1.81 bits per heavy atom. The summed E-state index contributed by atoms with van der Waals surface area (Å²) in [6.07, 6.45) is 2.30. The Morgan fingerprint density at radius 1 is 1.12 bits per heavy atom. The zero-order valence-corrected chi connectivity index (χ0v) is 17.8. The molecule has 142 valence electrons. The summed E-state index contributed by atoms with van der Waals surface area (Å²) in [4.78, 5) is 11.6. The highest BCUT2D eigenvalue weighted by Gasteiger charge is 2.08. The third-order valence-electron chi connectivity index (χ3n) is 4.35. The van der Waals surface area contributed by atoms with Gasteiger partial charge >= 0.3 is 0 Å². The van der Waals surface area contributed by atoms with E-state index >= 15 is 0 Å². The molecule has 5 nitrogen and oxygen atoms in total. The van der Waals surface area contributed by atoms with Gasteiger partial charge in [-0.05, 0) is 70.6 Å². The highest BCUT2D eigenvalue weighted by atomic mass is 79.9. The molecule has 2 rings (SSSR count). The maximum Gasteiger partial charge on any atom is 0.229 e. The normalized spacial score (nSPS) is 12.2. The molecule has 1 atom stereocenters. The van der Waals surface area contributed by atoms with Crippen molar-refractivity contribution in [3.05, 3.63) is 40.5 Å². The summed E-state index contributed by atoms with van der Waals surface area (Å²) in [6.45, 7) is 12.0. The standard InChI is InChI=1S/C20H30BrN5/c1-5-26(6-2)13-7-8-15(3)22-19-14-16(4)23-20(25-19)24-18-11-9-17(21)10-12-18/h9-12,14-15H,5-8,13H2,1-4H3,(H2,22,23,24,25). The Balaban J connectivity index is 1.92. The van der Waals surface area contributed by atoms with E-state index in [2.05, 4.69) is 62.2 Å². The van der Waals surface area contributed by atoms with Crippen LogP contribution in [0.4, 0.5) is 17.5 Å². The number of benzene rings is 1. The summed E-state index contributed by atoms with van der Waals surface area (Å²) in [5.74, 6) is 1.48. The maximum atomic E-state index is 4.61. The second kappa shape index (κ2) is 10.5. The lowest BCUT2D eigenvalue weighted by Gasteiger charge is -2.20. The van der Waals surface area contributed by atoms with E-state index in [1.807, 2.05) is 37.3 Å². The number of anilines is 3. The average Bonchev–Trinajstić information content (AvgIpc) is 2.60. The minimum atomic E-state index is 0.375. The lowest BCUT2D eigenvalue weighted by Crippen LogP contribution is -2.25. The second-order valence-electron chi connectivity index (χ2n) is 6.56. The SMILES string of the molecule is CCN(CC)CCCC(C)Nc1cc(C)nc(Nc2ccc(Br)cc2)n1. The topological polar surface area (TPSA) is 53.1 Å². The number of aryl methyl sites for hydroxylation is 1. The van der Waals surface area contributed by atoms with Crippen molar-refractivity contribution in [3.63, 3.8) is 0 Å². The Kier molecular flexibility index (Phi) is 8.32. The quantitative estimate of drug-likeness (QED) is 0.553. The zero-order valence-electron chi connectivity index (χ0n) is 16.2. The molecular weight excluding hydrogens is 390 g/mol. The van der Waals surface area contributed by atoms with E-state index in [1.54, 1.807) is 0 Å². The van der Waals surface area contributed by atoms with Gasteiger partial charge in [0.25, 0.3) is 0 Å². The van der Waals surface area contributed by atoms with Gasteiger partial charge in [-0.3, -0.25) is 0 Å². The van der Waals surface area contributed by atoms with Gasteiger partial charge in [-0.1, -0.05) is 29.8 Å². The van der Waals surface area contributed by atoms with Crippen molar-refractivity contribution in [2.75, 3.05) is 30.3 Å². The van der Waals surface area contributed by atoms with Gasteiger partial charge in [-0.25, -0.2) is 4.98 Å². The third-order valence-corrected chi connectivity index (χ3v) is 4.88. The van der Waals surface area contributed by atoms with E-state index < -0.39 is 0 Å². The van der Waals surface area contributed by atoms with E-state index in [-0.39, 0.29) is 0 Å². The summed E-state index contributed by atoms with van der Waals surface area (Å²) in [5.41, 5.74) is 1.91. The fourth-order valence-corrected chi connectivity index (χ4v) is 3.11. The summed E-state index contributed by atoms with van der Waals surface area (Å²) in [6, 6.07) is 10.4. The molecule has 0 fully saturated rings. The van der Waals surface area contributed by atoms with E-state index in [0.29, 0.717) is 12.0 Å². The van der Waals surface area contributed by atoms with Crippen LogP contribution in [-0.2, 0) is 0 Å². The minimum Gasteiger partial charge on any atom is -0.367 e. The van der Waals surface area contributed by atoms with E-state index in [1.165, 1.54) is 6.42 Å². The predicted octanol–water partition coefficient (Wildman–Crippen LogP) is 5.21. The molecule has 0 aliphatic heterocycles. The van der Waals surface area contributed by atoms with Gasteiger partial charge in [0.15, 0.2) is 0 Å². The molecule has 0 aliphatic carbocycles. The summed E-state index contributed by atoms with van der Waals surface area (Å²) in [5, 5.41) is 6.78. The molecule has 1 aromatic carbocycles. The first-order valence-electron chi connectivity index (χ1n) is 9.37. The Bertz CT molecular complexity index is 670. The van der Waals surface area contributed by atoms with Crippen molar-refractivity contribution in [1.29, 1.82) is 0 Å². The van der Waals surface area contributed by atoms with Crippen molar-refractivity contribution < 1.29 is 0 Å². The van der Waals surface area contributed by atoms with Gasteiger partial charge in [-0.2, -0.15) is 4.98 Å². The number of nitrogens with zero attached hydrogens (tertiary/aromatic N) is 3. The zero-order chi connectivity index (χ0) is 18.9. The van der Waals surface area contributed by atoms with Crippen LogP contribution in [-0.4, -0.2) is 40.5 Å². The number of nitrogens with one attached hydrogen (secondary N) is 2.